The van der Waals surface area contributed by atoms with E-state index in [9.17, 15) is 14.4 Å². The first kappa shape index (κ1) is 19.0. The van der Waals surface area contributed by atoms with Gasteiger partial charge in [0.1, 0.15) is 11.2 Å². The summed E-state index contributed by atoms with van der Waals surface area (Å²) in [5.41, 5.74) is 0.338. The van der Waals surface area contributed by atoms with Crippen LogP contribution < -0.4 is 14.8 Å². The first-order valence-electron chi connectivity index (χ1n) is 7.36. The fourth-order valence-electron chi connectivity index (χ4n) is 2.02. The molecule has 0 saturated heterocycles. The molecule has 0 aliphatic carbocycles. The fourth-order valence-corrected chi connectivity index (χ4v) is 3.25. The van der Waals surface area contributed by atoms with Crippen LogP contribution in [0.15, 0.2) is 29.1 Å². The van der Waals surface area contributed by atoms with Crippen LogP contribution in [0.4, 0.5) is 0 Å². The predicted octanol–water partition coefficient (Wildman–Crippen LogP) is 0.909. The van der Waals surface area contributed by atoms with Crippen LogP contribution in [0.1, 0.15) is 12.5 Å². The quantitative estimate of drug-likeness (QED) is 0.720. The minimum Gasteiger partial charge on any atom is -0.468 e. The van der Waals surface area contributed by atoms with Crippen LogP contribution in [0.3, 0.4) is 0 Å². The molecule has 6 nitrogen and oxygen atoms in total. The van der Waals surface area contributed by atoms with Crippen LogP contribution >= 0.6 is 22.9 Å². The zero-order chi connectivity index (χ0) is 18.4. The molecule has 0 fully saturated rings. The van der Waals surface area contributed by atoms with Gasteiger partial charge in [-0.3, -0.25) is 14.2 Å². The standard InChI is InChI=1S/C17H16ClNO5S/c1-3-24-15(20)9-14-19(10-16(21)23-2)17(22)13(25-14)8-11-5-4-6-12(18)7-11/h4-9H,3,10H2,1-2H3/b13-8-,14-9-. The lowest BCUT2D eigenvalue weighted by Gasteiger charge is -2.00. The summed E-state index contributed by atoms with van der Waals surface area (Å²) in [5.74, 6) is -1.18. The minimum atomic E-state index is -0.590. The summed E-state index contributed by atoms with van der Waals surface area (Å²) in [5, 5.41) is 0.540. The predicted molar refractivity (Wildman–Crippen MR) is 96.0 cm³/mol. The van der Waals surface area contributed by atoms with E-state index in [0.717, 1.165) is 16.9 Å². The zero-order valence-electron chi connectivity index (χ0n) is 13.7. The topological polar surface area (TPSA) is 74.6 Å². The molecule has 1 aromatic carbocycles. The molecule has 0 aliphatic rings. The highest BCUT2D eigenvalue weighted by Gasteiger charge is 2.11. The Morgan fingerprint density at radius 3 is 2.76 bits per heavy atom. The molecule has 0 N–H and O–H groups in total. The van der Waals surface area contributed by atoms with Gasteiger partial charge in [0.2, 0.25) is 0 Å². The average Bonchev–Trinajstić information content (AvgIpc) is 2.83. The molecule has 1 aromatic heterocycles. The lowest BCUT2D eigenvalue weighted by Crippen LogP contribution is -2.34. The SMILES string of the molecule is CCOC(=O)/C=c1\s/c(=C\c2cccc(Cl)c2)c(=O)n1CC(=O)OC. The molecule has 2 aromatic rings. The van der Waals surface area contributed by atoms with Crippen LogP contribution in [-0.2, 0) is 25.6 Å². The number of esters is 2. The van der Waals surface area contributed by atoms with E-state index in [0.29, 0.717) is 14.2 Å². The van der Waals surface area contributed by atoms with Crippen molar-refractivity contribution in [3.63, 3.8) is 0 Å². The molecule has 0 amide bonds. The van der Waals surface area contributed by atoms with Crippen LogP contribution in [0.2, 0.25) is 5.02 Å². The molecule has 8 heteroatoms. The molecular formula is C17H16ClNO5S. The molecule has 0 radical (unpaired) electrons. The number of nitrogens with zero attached hydrogens (tertiary/aromatic N) is 1. The van der Waals surface area contributed by atoms with Crippen LogP contribution in [0.5, 0.6) is 0 Å². The Morgan fingerprint density at radius 2 is 2.12 bits per heavy atom. The lowest BCUT2D eigenvalue weighted by atomic mass is 10.2. The maximum absolute atomic E-state index is 12.6. The van der Waals surface area contributed by atoms with E-state index in [2.05, 4.69) is 4.74 Å². The summed E-state index contributed by atoms with van der Waals surface area (Å²) in [6, 6.07) is 6.99. The number of aromatic nitrogens is 1. The highest BCUT2D eigenvalue weighted by molar-refractivity contribution is 7.07. The monoisotopic (exact) mass is 381 g/mol. The number of thiazole rings is 1. The van der Waals surface area contributed by atoms with Crippen molar-refractivity contribution in [2.45, 2.75) is 13.5 Å². The van der Waals surface area contributed by atoms with Gasteiger partial charge in [-0.15, -0.1) is 11.3 Å². The maximum Gasteiger partial charge on any atom is 0.333 e. The molecule has 0 unspecified atom stereocenters. The van der Waals surface area contributed by atoms with Crippen molar-refractivity contribution < 1.29 is 19.1 Å². The maximum atomic E-state index is 12.6. The average molecular weight is 382 g/mol. The van der Waals surface area contributed by atoms with E-state index in [1.54, 1.807) is 37.3 Å². The Balaban J connectivity index is 2.61. The normalized spacial score (nSPS) is 12.3. The molecule has 0 aliphatic heterocycles. The smallest absolute Gasteiger partial charge is 0.333 e. The Bertz CT molecular complexity index is 960. The van der Waals surface area contributed by atoms with Gasteiger partial charge in [0.25, 0.3) is 5.56 Å². The fraction of sp³-hybridized carbons (Fsp3) is 0.235. The van der Waals surface area contributed by atoms with Gasteiger partial charge in [0, 0.05) is 5.02 Å². The Hall–Kier alpha value is -2.38. The number of halogens is 1. The largest absolute Gasteiger partial charge is 0.468 e. The van der Waals surface area contributed by atoms with Crippen molar-refractivity contribution in [3.8, 4) is 0 Å². The molecule has 132 valence electrons. The summed E-state index contributed by atoms with van der Waals surface area (Å²) < 4.78 is 11.3. The third kappa shape index (κ3) is 5.04. The van der Waals surface area contributed by atoms with Gasteiger partial charge in [-0.05, 0) is 30.7 Å². The molecule has 2 rings (SSSR count). The molecule has 1 heterocycles. The summed E-state index contributed by atoms with van der Waals surface area (Å²) in [6.45, 7) is 1.60. The highest BCUT2D eigenvalue weighted by atomic mass is 35.5. The van der Waals surface area contributed by atoms with E-state index in [1.165, 1.54) is 17.8 Å². The van der Waals surface area contributed by atoms with Crippen LogP contribution in [0, 0.1) is 0 Å². The Labute approximate surface area is 152 Å². The van der Waals surface area contributed by atoms with E-state index < -0.39 is 17.5 Å². The Morgan fingerprint density at radius 1 is 1.36 bits per heavy atom. The van der Waals surface area contributed by atoms with Gasteiger partial charge in [0.05, 0.1) is 24.3 Å². The molecular weight excluding hydrogens is 366 g/mol. The second-order valence-corrected chi connectivity index (χ2v) is 6.37. The number of ether oxygens (including phenoxy) is 2. The van der Waals surface area contributed by atoms with Crippen molar-refractivity contribution in [2.75, 3.05) is 13.7 Å². The molecule has 0 atom stereocenters. The summed E-state index contributed by atoms with van der Waals surface area (Å²) in [4.78, 5) is 35.9. The summed E-state index contributed by atoms with van der Waals surface area (Å²) >= 11 is 7.03. The van der Waals surface area contributed by atoms with Crippen molar-refractivity contribution in [2.24, 2.45) is 0 Å². The number of hydrogen-bond acceptors (Lipinski definition) is 6. The minimum absolute atomic E-state index is 0.212. The molecule has 25 heavy (non-hydrogen) atoms. The molecule has 0 bridgehead atoms. The first-order chi connectivity index (χ1) is 11.9. The van der Waals surface area contributed by atoms with Crippen molar-refractivity contribution in [1.82, 2.24) is 4.57 Å². The van der Waals surface area contributed by atoms with Gasteiger partial charge >= 0.3 is 11.9 Å². The number of carbonyl (C=O) groups excluding carboxylic acids is 2. The Kier molecular flexibility index (Phi) is 6.55. The van der Waals surface area contributed by atoms with E-state index >= 15 is 0 Å². The number of rotatable bonds is 5. The number of hydrogen-bond donors (Lipinski definition) is 0. The van der Waals surface area contributed by atoms with Crippen molar-refractivity contribution in [1.29, 1.82) is 0 Å². The highest BCUT2D eigenvalue weighted by Crippen LogP contribution is 2.10. The lowest BCUT2D eigenvalue weighted by molar-refractivity contribution is -0.141. The summed E-state index contributed by atoms with van der Waals surface area (Å²) in [6.07, 6.45) is 2.84. The number of carbonyl (C=O) groups is 2. The van der Waals surface area contributed by atoms with Gasteiger partial charge in [-0.25, -0.2) is 4.79 Å². The molecule has 0 spiro atoms. The van der Waals surface area contributed by atoms with E-state index in [1.807, 2.05) is 0 Å². The zero-order valence-corrected chi connectivity index (χ0v) is 15.2. The van der Waals surface area contributed by atoms with E-state index in [4.69, 9.17) is 16.3 Å². The second kappa shape index (κ2) is 8.64. The van der Waals surface area contributed by atoms with Crippen LogP contribution in [0.25, 0.3) is 12.2 Å². The van der Waals surface area contributed by atoms with Gasteiger partial charge in [-0.1, -0.05) is 23.7 Å². The number of methoxy groups -OCH3 is 1. The van der Waals surface area contributed by atoms with Crippen molar-refractivity contribution in [3.05, 3.63) is 54.4 Å². The molecule has 0 saturated carbocycles. The summed E-state index contributed by atoms with van der Waals surface area (Å²) in [7, 11) is 1.23. The van der Waals surface area contributed by atoms with Crippen LogP contribution in [-0.4, -0.2) is 30.2 Å². The van der Waals surface area contributed by atoms with Gasteiger partial charge in [0.15, 0.2) is 0 Å². The third-order valence-electron chi connectivity index (χ3n) is 3.13. The second-order valence-electron chi connectivity index (χ2n) is 4.87. The number of benzene rings is 1. The first-order valence-corrected chi connectivity index (χ1v) is 8.56. The van der Waals surface area contributed by atoms with E-state index in [-0.39, 0.29) is 13.2 Å². The van der Waals surface area contributed by atoms with Gasteiger partial charge < -0.3 is 9.47 Å². The van der Waals surface area contributed by atoms with Crippen molar-refractivity contribution >= 4 is 47.0 Å². The third-order valence-corrected chi connectivity index (χ3v) is 4.42. The van der Waals surface area contributed by atoms with Gasteiger partial charge in [-0.2, -0.15) is 0 Å².